The van der Waals surface area contributed by atoms with Crippen LogP contribution >= 0.6 is 0 Å². The van der Waals surface area contributed by atoms with Crippen molar-refractivity contribution in [3.63, 3.8) is 0 Å². The fourth-order valence-electron chi connectivity index (χ4n) is 1.39. The van der Waals surface area contributed by atoms with Gasteiger partial charge in [0, 0.05) is 18.7 Å². The Balaban J connectivity index is 2.50. The van der Waals surface area contributed by atoms with E-state index >= 15 is 0 Å². The number of hydrogen-bond donors (Lipinski definition) is 1. The summed E-state index contributed by atoms with van der Waals surface area (Å²) < 4.78 is 0. The molecule has 11 heavy (non-hydrogen) atoms. The fourth-order valence-corrected chi connectivity index (χ4v) is 1.39. The van der Waals surface area contributed by atoms with E-state index in [4.69, 9.17) is 7.85 Å². The van der Waals surface area contributed by atoms with Gasteiger partial charge >= 0.3 is 0 Å². The lowest BCUT2D eigenvalue weighted by Gasteiger charge is -2.00. The molecule has 2 rings (SSSR count). The molecule has 2 radical (unpaired) electrons. The topological polar surface area (TPSA) is 24.9 Å². The van der Waals surface area contributed by atoms with Gasteiger partial charge in [-0.05, 0) is 6.07 Å². The number of nitrogens with one attached hydrogen (secondary N) is 1. The number of fused-ring (bicyclic) bond motifs is 1. The van der Waals surface area contributed by atoms with Crippen molar-refractivity contribution in [2.45, 2.75) is 12.8 Å². The molecular weight excluding hydrogens is 135 g/mol. The molecule has 1 unspecified atom stereocenters. The zero-order valence-electron chi connectivity index (χ0n) is 6.46. The van der Waals surface area contributed by atoms with E-state index in [0.717, 1.165) is 23.4 Å². The van der Waals surface area contributed by atoms with Crippen molar-refractivity contribution in [2.75, 3.05) is 11.9 Å². The zero-order chi connectivity index (χ0) is 7.84. The van der Waals surface area contributed by atoms with E-state index in [0.29, 0.717) is 5.92 Å². The first kappa shape index (κ1) is 6.71. The van der Waals surface area contributed by atoms with Crippen LogP contribution in [0.25, 0.3) is 0 Å². The second kappa shape index (κ2) is 2.26. The van der Waals surface area contributed by atoms with Gasteiger partial charge in [-0.25, -0.2) is 0 Å². The van der Waals surface area contributed by atoms with Gasteiger partial charge in [-0.2, -0.15) is 0 Å². The van der Waals surface area contributed by atoms with Gasteiger partial charge in [-0.15, -0.1) is 0 Å². The van der Waals surface area contributed by atoms with Gasteiger partial charge in [0.15, 0.2) is 0 Å². The number of pyridine rings is 1. The standard InChI is InChI=1S/C8H9BN2/c1-5-3-10-7-2-6(9)4-11-8(5)7/h2,4-5,10H,3H2,1H3. The highest BCUT2D eigenvalue weighted by Crippen LogP contribution is 2.27. The Hall–Kier alpha value is -0.985. The molecule has 0 bridgehead atoms. The molecule has 1 N–H and O–H groups in total. The molecule has 2 nitrogen and oxygen atoms in total. The molecule has 3 heteroatoms. The van der Waals surface area contributed by atoms with Gasteiger partial charge in [0.2, 0.25) is 0 Å². The molecule has 0 saturated heterocycles. The normalized spacial score (nSPS) is 21.0. The van der Waals surface area contributed by atoms with Crippen LogP contribution in [0.15, 0.2) is 12.3 Å². The molecular formula is C8H9BN2. The molecule has 0 fully saturated rings. The number of nitrogens with zero attached hydrogens (tertiary/aromatic N) is 1. The first-order chi connectivity index (χ1) is 5.27. The molecule has 1 aromatic rings. The average molecular weight is 144 g/mol. The minimum Gasteiger partial charge on any atom is -0.383 e. The Bertz CT molecular complexity index is 285. The first-order valence-corrected chi connectivity index (χ1v) is 3.76. The Morgan fingerprint density at radius 2 is 2.55 bits per heavy atom. The summed E-state index contributed by atoms with van der Waals surface area (Å²) in [4.78, 5) is 4.25. The summed E-state index contributed by atoms with van der Waals surface area (Å²) in [5, 5.41) is 3.25. The molecule has 1 aromatic heterocycles. The van der Waals surface area contributed by atoms with Gasteiger partial charge in [0.25, 0.3) is 0 Å². The van der Waals surface area contributed by atoms with E-state index in [2.05, 4.69) is 17.2 Å². The predicted octanol–water partition coefficient (Wildman–Crippen LogP) is 0.404. The molecule has 1 atom stereocenters. The van der Waals surface area contributed by atoms with Crippen LogP contribution in [-0.4, -0.2) is 19.4 Å². The monoisotopic (exact) mass is 144 g/mol. The number of hydrogen-bond acceptors (Lipinski definition) is 2. The number of anilines is 1. The van der Waals surface area contributed by atoms with Crippen LogP contribution in [0, 0.1) is 0 Å². The lowest BCUT2D eigenvalue weighted by atomic mass is 9.97. The summed E-state index contributed by atoms with van der Waals surface area (Å²) in [5.41, 5.74) is 2.96. The molecule has 1 aliphatic rings. The van der Waals surface area contributed by atoms with Crippen LogP contribution < -0.4 is 10.8 Å². The Morgan fingerprint density at radius 3 is 3.36 bits per heavy atom. The number of rotatable bonds is 0. The van der Waals surface area contributed by atoms with E-state index < -0.39 is 0 Å². The molecule has 0 aliphatic carbocycles. The van der Waals surface area contributed by atoms with Crippen LogP contribution in [0.2, 0.25) is 0 Å². The second-order valence-corrected chi connectivity index (χ2v) is 2.98. The van der Waals surface area contributed by atoms with Crippen molar-refractivity contribution < 1.29 is 0 Å². The van der Waals surface area contributed by atoms with Crippen molar-refractivity contribution in [1.29, 1.82) is 0 Å². The summed E-state index contributed by atoms with van der Waals surface area (Å²) in [5.74, 6) is 0.519. The zero-order valence-corrected chi connectivity index (χ0v) is 6.46. The molecule has 54 valence electrons. The van der Waals surface area contributed by atoms with Gasteiger partial charge < -0.3 is 5.32 Å². The molecule has 0 spiro atoms. The lowest BCUT2D eigenvalue weighted by Crippen LogP contribution is -2.04. The van der Waals surface area contributed by atoms with Crippen molar-refractivity contribution in [1.82, 2.24) is 4.98 Å². The highest BCUT2D eigenvalue weighted by Gasteiger charge is 2.18. The Morgan fingerprint density at radius 1 is 1.73 bits per heavy atom. The summed E-state index contributed by atoms with van der Waals surface area (Å²) in [6.45, 7) is 3.13. The van der Waals surface area contributed by atoms with Crippen molar-refractivity contribution in [3.8, 4) is 0 Å². The van der Waals surface area contributed by atoms with Gasteiger partial charge in [-0.1, -0.05) is 12.4 Å². The van der Waals surface area contributed by atoms with Crippen LogP contribution in [-0.2, 0) is 0 Å². The predicted molar refractivity (Wildman–Crippen MR) is 46.5 cm³/mol. The maximum atomic E-state index is 5.57. The highest BCUT2D eigenvalue weighted by atomic mass is 14.9. The van der Waals surface area contributed by atoms with E-state index in [1.165, 1.54) is 0 Å². The molecule has 0 amide bonds. The smallest absolute Gasteiger partial charge is 0.116 e. The van der Waals surface area contributed by atoms with E-state index in [-0.39, 0.29) is 0 Å². The summed E-state index contributed by atoms with van der Waals surface area (Å²) in [6.07, 6.45) is 1.71. The van der Waals surface area contributed by atoms with Crippen molar-refractivity contribution >= 4 is 19.0 Å². The second-order valence-electron chi connectivity index (χ2n) is 2.98. The maximum absolute atomic E-state index is 5.57. The molecule has 0 aromatic carbocycles. The summed E-state index contributed by atoms with van der Waals surface area (Å²) in [7, 11) is 5.57. The lowest BCUT2D eigenvalue weighted by molar-refractivity contribution is 0.823. The van der Waals surface area contributed by atoms with Crippen LogP contribution in [0.5, 0.6) is 0 Å². The summed E-state index contributed by atoms with van der Waals surface area (Å²) >= 11 is 0. The third-order valence-electron chi connectivity index (χ3n) is 2.01. The van der Waals surface area contributed by atoms with Gasteiger partial charge in [0.05, 0.1) is 11.4 Å². The Labute approximate surface area is 67.4 Å². The molecule has 2 heterocycles. The maximum Gasteiger partial charge on any atom is 0.116 e. The quantitative estimate of drug-likeness (QED) is 0.533. The Kier molecular flexibility index (Phi) is 1.38. The van der Waals surface area contributed by atoms with E-state index in [1.807, 2.05) is 6.07 Å². The van der Waals surface area contributed by atoms with Gasteiger partial charge in [0.1, 0.15) is 7.85 Å². The van der Waals surface area contributed by atoms with E-state index in [9.17, 15) is 0 Å². The fraction of sp³-hybridized carbons (Fsp3) is 0.375. The average Bonchev–Trinajstić information content (AvgIpc) is 2.32. The van der Waals surface area contributed by atoms with Crippen LogP contribution in [0.4, 0.5) is 5.69 Å². The largest absolute Gasteiger partial charge is 0.383 e. The highest BCUT2D eigenvalue weighted by molar-refractivity contribution is 6.32. The molecule has 0 saturated carbocycles. The summed E-state index contributed by atoms with van der Waals surface area (Å²) in [6, 6.07) is 1.94. The SMILES string of the molecule is [B]c1cnc2c(c1)NCC2C. The third kappa shape index (κ3) is 1.00. The van der Waals surface area contributed by atoms with Crippen molar-refractivity contribution in [3.05, 3.63) is 18.0 Å². The van der Waals surface area contributed by atoms with E-state index in [1.54, 1.807) is 6.20 Å². The van der Waals surface area contributed by atoms with Crippen LogP contribution in [0.3, 0.4) is 0 Å². The third-order valence-corrected chi connectivity index (χ3v) is 2.01. The minimum atomic E-state index is 0.519. The minimum absolute atomic E-state index is 0.519. The first-order valence-electron chi connectivity index (χ1n) is 3.76. The molecule has 1 aliphatic heterocycles. The number of aromatic nitrogens is 1. The van der Waals surface area contributed by atoms with Crippen LogP contribution in [0.1, 0.15) is 18.5 Å². The van der Waals surface area contributed by atoms with Crippen molar-refractivity contribution in [2.24, 2.45) is 0 Å². The van der Waals surface area contributed by atoms with Gasteiger partial charge in [-0.3, -0.25) is 4.98 Å².